The van der Waals surface area contributed by atoms with Crippen LogP contribution in [0.2, 0.25) is 0 Å². The molecule has 6 nitrogen and oxygen atoms in total. The van der Waals surface area contributed by atoms with E-state index in [1.807, 2.05) is 0 Å². The Kier molecular flexibility index (Phi) is 2.92. The number of carbonyl (C=O) groups is 1. The first kappa shape index (κ1) is 14.7. The zero-order valence-corrected chi connectivity index (χ0v) is 13.5. The first-order valence-electron chi connectivity index (χ1n) is 7.48. The van der Waals surface area contributed by atoms with Crippen LogP contribution in [-0.2, 0) is 14.8 Å². The molecule has 3 atom stereocenters. The van der Waals surface area contributed by atoms with Crippen LogP contribution in [0.5, 0.6) is 0 Å². The van der Waals surface area contributed by atoms with Crippen LogP contribution in [0.1, 0.15) is 46.5 Å². The van der Waals surface area contributed by atoms with E-state index in [0.717, 1.165) is 23.6 Å². The van der Waals surface area contributed by atoms with E-state index in [9.17, 15) is 13.2 Å². The van der Waals surface area contributed by atoms with E-state index in [1.54, 1.807) is 6.92 Å². The number of amides is 1. The Balaban J connectivity index is 2.09. The molecule has 2 bridgehead atoms. The van der Waals surface area contributed by atoms with Gasteiger partial charge in [0.15, 0.2) is 0 Å². The maximum absolute atomic E-state index is 12.6. The Morgan fingerprint density at radius 2 is 2.10 bits per heavy atom. The van der Waals surface area contributed by atoms with Gasteiger partial charge in [-0.2, -0.15) is 4.79 Å². The zero-order chi connectivity index (χ0) is 15.6. The van der Waals surface area contributed by atoms with Gasteiger partial charge in [0.1, 0.15) is 0 Å². The second-order valence-electron chi connectivity index (χ2n) is 7.12. The molecule has 21 heavy (non-hydrogen) atoms. The van der Waals surface area contributed by atoms with Crippen molar-refractivity contribution in [2.45, 2.75) is 52.5 Å². The lowest BCUT2D eigenvalue weighted by atomic mass is 9.69. The van der Waals surface area contributed by atoms with Crippen molar-refractivity contribution in [1.82, 2.24) is 4.31 Å². The summed E-state index contributed by atoms with van der Waals surface area (Å²) in [6, 6.07) is -0.271. The molecular weight excluding hydrogens is 290 g/mol. The smallest absolute Gasteiger partial charge is 0.356 e. The van der Waals surface area contributed by atoms with Gasteiger partial charge in [-0.25, -0.2) is 12.7 Å². The average Bonchev–Trinajstić information content (AvgIpc) is 2.86. The van der Waals surface area contributed by atoms with Crippen LogP contribution in [0.15, 0.2) is 0 Å². The number of hydrogen-bond donors (Lipinski definition) is 0. The summed E-state index contributed by atoms with van der Waals surface area (Å²) in [4.78, 5) is 15.5. The molecule has 2 saturated carbocycles. The summed E-state index contributed by atoms with van der Waals surface area (Å²) in [7, 11) is -3.63. The van der Waals surface area contributed by atoms with Crippen LogP contribution in [0, 0.1) is 16.7 Å². The lowest BCUT2D eigenvalue weighted by molar-refractivity contribution is -0.127. The van der Waals surface area contributed by atoms with E-state index in [4.69, 9.17) is 5.53 Å². The van der Waals surface area contributed by atoms with Gasteiger partial charge in [-0.3, -0.25) is 4.79 Å². The lowest BCUT2D eigenvalue weighted by Gasteiger charge is -2.36. The minimum Gasteiger partial charge on any atom is -0.361 e. The Bertz CT molecular complexity index is 663. The van der Waals surface area contributed by atoms with Crippen LogP contribution >= 0.6 is 0 Å². The molecule has 7 heteroatoms. The third kappa shape index (κ3) is 1.59. The number of fused-ring (bicyclic) bond motifs is 1. The quantitative estimate of drug-likeness (QED) is 0.439. The first-order chi connectivity index (χ1) is 9.71. The highest BCUT2D eigenvalue weighted by atomic mass is 32.2. The highest BCUT2D eigenvalue weighted by Gasteiger charge is 2.72. The molecule has 2 aliphatic carbocycles. The molecule has 1 amide bonds. The summed E-state index contributed by atoms with van der Waals surface area (Å²) in [5, 5.41) is 0. The Labute approximate surface area is 125 Å². The summed E-state index contributed by atoms with van der Waals surface area (Å²) in [6.07, 6.45) is 2.85. The molecule has 116 valence electrons. The first-order valence-corrected chi connectivity index (χ1v) is 9.09. The van der Waals surface area contributed by atoms with Crippen LogP contribution in [0.4, 0.5) is 0 Å². The predicted octanol–water partition coefficient (Wildman–Crippen LogP) is 1.43. The molecule has 0 radical (unpaired) electrons. The molecule has 3 rings (SSSR count). The van der Waals surface area contributed by atoms with E-state index >= 15 is 0 Å². The normalized spacial score (nSPS) is 38.1. The summed E-state index contributed by atoms with van der Waals surface area (Å²) in [5.41, 5.74) is 8.46. The van der Waals surface area contributed by atoms with Crippen molar-refractivity contribution >= 4 is 21.6 Å². The van der Waals surface area contributed by atoms with Crippen molar-refractivity contribution in [3.05, 3.63) is 5.53 Å². The van der Waals surface area contributed by atoms with Crippen LogP contribution in [0.3, 0.4) is 0 Å². The highest BCUT2D eigenvalue weighted by molar-refractivity contribution is 7.90. The van der Waals surface area contributed by atoms with E-state index in [-0.39, 0.29) is 34.8 Å². The van der Waals surface area contributed by atoms with Gasteiger partial charge in [-0.1, -0.05) is 20.8 Å². The number of rotatable bonds is 2. The SMILES string of the molecule is CCC(=[N+]=[N-])C(=O)N1[C@@H]2C[C@H]3CC[C@]2(CS1(=O)=O)C3(C)C. The van der Waals surface area contributed by atoms with Gasteiger partial charge in [-0.05, 0) is 30.6 Å². The zero-order valence-electron chi connectivity index (χ0n) is 12.7. The van der Waals surface area contributed by atoms with Crippen molar-refractivity contribution < 1.29 is 18.0 Å². The molecule has 1 spiro atoms. The minimum atomic E-state index is -3.63. The van der Waals surface area contributed by atoms with Gasteiger partial charge in [0.05, 0.1) is 18.2 Å². The van der Waals surface area contributed by atoms with Crippen molar-refractivity contribution in [2.75, 3.05) is 5.75 Å². The second-order valence-corrected chi connectivity index (χ2v) is 8.97. The van der Waals surface area contributed by atoms with E-state index < -0.39 is 15.9 Å². The van der Waals surface area contributed by atoms with Crippen LogP contribution in [-0.4, -0.2) is 40.9 Å². The Morgan fingerprint density at radius 3 is 2.62 bits per heavy atom. The fourth-order valence-corrected chi connectivity index (χ4v) is 7.48. The Hall–Kier alpha value is -1.20. The number of carbonyl (C=O) groups excluding carboxylic acids is 1. The monoisotopic (exact) mass is 311 g/mol. The predicted molar refractivity (Wildman–Crippen MR) is 76.9 cm³/mol. The molecule has 0 aromatic rings. The topological polar surface area (TPSA) is 90.8 Å². The number of nitrogens with zero attached hydrogens (tertiary/aromatic N) is 3. The Morgan fingerprint density at radius 1 is 1.43 bits per heavy atom. The van der Waals surface area contributed by atoms with Gasteiger partial charge in [-0.15, -0.1) is 0 Å². The molecule has 3 aliphatic rings. The highest BCUT2D eigenvalue weighted by Crippen LogP contribution is 2.69. The van der Waals surface area contributed by atoms with Crippen molar-refractivity contribution in [1.29, 1.82) is 0 Å². The fraction of sp³-hybridized carbons (Fsp3) is 0.857. The number of hydrogen-bond acceptors (Lipinski definition) is 3. The van der Waals surface area contributed by atoms with Gasteiger partial charge in [0.2, 0.25) is 10.0 Å². The third-order valence-corrected chi connectivity index (χ3v) is 8.21. The van der Waals surface area contributed by atoms with Gasteiger partial charge in [0.25, 0.3) is 0 Å². The van der Waals surface area contributed by atoms with Crippen LogP contribution in [0.25, 0.3) is 5.53 Å². The van der Waals surface area contributed by atoms with E-state index in [2.05, 4.69) is 18.6 Å². The summed E-state index contributed by atoms with van der Waals surface area (Å²) >= 11 is 0. The largest absolute Gasteiger partial charge is 0.361 e. The van der Waals surface area contributed by atoms with E-state index in [1.165, 1.54) is 0 Å². The summed E-state index contributed by atoms with van der Waals surface area (Å²) in [6.45, 7) is 5.94. The molecule has 0 aromatic carbocycles. The maximum atomic E-state index is 12.6. The second kappa shape index (κ2) is 4.17. The van der Waals surface area contributed by atoms with Crippen molar-refractivity contribution in [2.24, 2.45) is 16.7 Å². The fourth-order valence-electron chi connectivity index (χ4n) is 4.95. The van der Waals surface area contributed by atoms with E-state index in [0.29, 0.717) is 5.92 Å². The van der Waals surface area contributed by atoms with Crippen molar-refractivity contribution in [3.8, 4) is 0 Å². The molecule has 1 aliphatic heterocycles. The molecule has 1 heterocycles. The van der Waals surface area contributed by atoms with Gasteiger partial charge < -0.3 is 5.53 Å². The molecular formula is C14H21N3O3S. The summed E-state index contributed by atoms with van der Waals surface area (Å²) < 4.78 is 26.2. The number of sulfonamides is 1. The molecule has 1 saturated heterocycles. The maximum Gasteiger partial charge on any atom is 0.356 e. The van der Waals surface area contributed by atoms with Gasteiger partial charge in [0, 0.05) is 5.41 Å². The third-order valence-electron chi connectivity index (χ3n) is 6.31. The van der Waals surface area contributed by atoms with Crippen LogP contribution < -0.4 is 0 Å². The minimum absolute atomic E-state index is 0.0440. The molecule has 0 unspecified atom stereocenters. The molecule has 0 aromatic heterocycles. The molecule has 0 N–H and O–H groups in total. The summed E-state index contributed by atoms with van der Waals surface area (Å²) in [5.74, 6) is -0.142. The average molecular weight is 311 g/mol. The van der Waals surface area contributed by atoms with Gasteiger partial charge >= 0.3 is 11.6 Å². The molecule has 3 fully saturated rings. The van der Waals surface area contributed by atoms with Crippen molar-refractivity contribution in [3.63, 3.8) is 0 Å². The standard InChI is InChI=1S/C14H21N3O3S/c1-4-10(16-15)12(18)17-11-7-9-5-6-14(11,13(9,2)3)8-21(17,19)20/h9,11H,4-8H2,1-3H3/t9-,11-,14-/m1/s1. The lowest BCUT2D eigenvalue weighted by Crippen LogP contribution is -2.46.